The summed E-state index contributed by atoms with van der Waals surface area (Å²) in [5.41, 5.74) is 1.71. The average Bonchev–Trinajstić information content (AvgIpc) is 2.79. The normalized spacial score (nSPS) is 15.2. The molecule has 0 aromatic heterocycles. The zero-order valence-electron chi connectivity index (χ0n) is 19.1. The van der Waals surface area contributed by atoms with Crippen molar-refractivity contribution in [3.05, 3.63) is 64.3 Å². The van der Waals surface area contributed by atoms with Crippen molar-refractivity contribution in [1.82, 2.24) is 10.6 Å². The number of para-hydroxylation sites is 1. The molecule has 10 heteroatoms. The van der Waals surface area contributed by atoms with Crippen LogP contribution in [-0.2, 0) is 14.3 Å². The summed E-state index contributed by atoms with van der Waals surface area (Å²) < 4.78 is 16.1. The third-order valence-electron chi connectivity index (χ3n) is 4.87. The molecule has 0 spiro atoms. The molecule has 0 aliphatic carbocycles. The van der Waals surface area contributed by atoms with E-state index in [0.29, 0.717) is 29.3 Å². The zero-order valence-corrected chi connectivity index (χ0v) is 19.8. The summed E-state index contributed by atoms with van der Waals surface area (Å²) in [4.78, 5) is 37.2. The molecule has 1 atom stereocenters. The number of urea groups is 1. The van der Waals surface area contributed by atoms with Gasteiger partial charge in [-0.25, -0.2) is 9.59 Å². The van der Waals surface area contributed by atoms with Crippen LogP contribution in [0.5, 0.6) is 11.5 Å². The predicted molar refractivity (Wildman–Crippen MR) is 127 cm³/mol. The number of ether oxygens (including phenoxy) is 3. The Kier molecular flexibility index (Phi) is 8.37. The fourth-order valence-electron chi connectivity index (χ4n) is 3.44. The molecule has 34 heavy (non-hydrogen) atoms. The SMILES string of the molecule is CCOC(=O)COc1cc(Cl)c([C@@H]2NC(=O)NC(C)=C2C(=O)Nc2ccccc2)cc1OCC. The van der Waals surface area contributed by atoms with E-state index >= 15 is 0 Å². The number of carbonyl (C=O) groups is 3. The second-order valence-electron chi connectivity index (χ2n) is 7.24. The highest BCUT2D eigenvalue weighted by molar-refractivity contribution is 6.31. The van der Waals surface area contributed by atoms with Gasteiger partial charge in [0.2, 0.25) is 0 Å². The number of amides is 3. The molecule has 180 valence electrons. The Balaban J connectivity index is 1.96. The van der Waals surface area contributed by atoms with Crippen LogP contribution in [-0.4, -0.2) is 37.7 Å². The minimum Gasteiger partial charge on any atom is -0.490 e. The summed E-state index contributed by atoms with van der Waals surface area (Å²) in [5, 5.41) is 8.43. The van der Waals surface area contributed by atoms with E-state index in [1.165, 1.54) is 6.07 Å². The van der Waals surface area contributed by atoms with Crippen molar-refractivity contribution in [2.45, 2.75) is 26.8 Å². The maximum Gasteiger partial charge on any atom is 0.344 e. The quantitative estimate of drug-likeness (QED) is 0.461. The number of anilines is 1. The van der Waals surface area contributed by atoms with Gasteiger partial charge in [-0.15, -0.1) is 0 Å². The van der Waals surface area contributed by atoms with Crippen molar-refractivity contribution >= 4 is 35.2 Å². The summed E-state index contributed by atoms with van der Waals surface area (Å²) in [7, 11) is 0. The number of benzene rings is 2. The van der Waals surface area contributed by atoms with Gasteiger partial charge in [0.05, 0.1) is 29.9 Å². The lowest BCUT2D eigenvalue weighted by Gasteiger charge is -2.29. The second kappa shape index (κ2) is 11.4. The fourth-order valence-corrected chi connectivity index (χ4v) is 3.70. The van der Waals surface area contributed by atoms with Gasteiger partial charge in [0.25, 0.3) is 5.91 Å². The van der Waals surface area contributed by atoms with Crippen molar-refractivity contribution in [3.63, 3.8) is 0 Å². The number of carbonyl (C=O) groups excluding carboxylic acids is 3. The maximum absolute atomic E-state index is 13.2. The number of nitrogens with one attached hydrogen (secondary N) is 3. The van der Waals surface area contributed by atoms with Crippen LogP contribution in [0.1, 0.15) is 32.4 Å². The first-order valence-electron chi connectivity index (χ1n) is 10.7. The lowest BCUT2D eigenvalue weighted by atomic mass is 9.94. The van der Waals surface area contributed by atoms with Gasteiger partial charge in [-0.05, 0) is 39.0 Å². The Morgan fingerprint density at radius 2 is 1.76 bits per heavy atom. The fraction of sp³-hybridized carbons (Fsp3) is 0.292. The van der Waals surface area contributed by atoms with E-state index in [2.05, 4.69) is 16.0 Å². The summed E-state index contributed by atoms with van der Waals surface area (Å²) in [6.45, 7) is 5.35. The highest BCUT2D eigenvalue weighted by Crippen LogP contribution is 2.39. The van der Waals surface area contributed by atoms with E-state index in [9.17, 15) is 14.4 Å². The highest BCUT2D eigenvalue weighted by Gasteiger charge is 2.33. The van der Waals surface area contributed by atoms with Gasteiger partial charge in [-0.2, -0.15) is 0 Å². The summed E-state index contributed by atoms with van der Waals surface area (Å²) in [6.07, 6.45) is 0. The largest absolute Gasteiger partial charge is 0.490 e. The monoisotopic (exact) mass is 487 g/mol. The van der Waals surface area contributed by atoms with Crippen LogP contribution in [0.25, 0.3) is 0 Å². The molecule has 9 nitrogen and oxygen atoms in total. The maximum atomic E-state index is 13.2. The van der Waals surface area contributed by atoms with Crippen molar-refractivity contribution in [3.8, 4) is 11.5 Å². The van der Waals surface area contributed by atoms with Crippen LogP contribution in [0.4, 0.5) is 10.5 Å². The first-order chi connectivity index (χ1) is 16.3. The molecule has 0 fully saturated rings. The Hall–Kier alpha value is -3.72. The lowest BCUT2D eigenvalue weighted by molar-refractivity contribution is -0.145. The Morgan fingerprint density at radius 1 is 1.06 bits per heavy atom. The Morgan fingerprint density at radius 3 is 2.44 bits per heavy atom. The third-order valence-corrected chi connectivity index (χ3v) is 5.20. The number of hydrogen-bond donors (Lipinski definition) is 3. The first-order valence-corrected chi connectivity index (χ1v) is 11.1. The molecule has 1 heterocycles. The van der Waals surface area contributed by atoms with E-state index in [-0.39, 0.29) is 29.6 Å². The smallest absolute Gasteiger partial charge is 0.344 e. The number of halogens is 1. The lowest BCUT2D eigenvalue weighted by Crippen LogP contribution is -2.46. The van der Waals surface area contributed by atoms with Crippen LogP contribution >= 0.6 is 11.6 Å². The van der Waals surface area contributed by atoms with Crippen molar-refractivity contribution in [2.75, 3.05) is 25.1 Å². The Bertz CT molecular complexity index is 1100. The molecular formula is C24H26ClN3O6. The molecule has 0 radical (unpaired) electrons. The molecule has 0 unspecified atom stereocenters. The van der Waals surface area contributed by atoms with E-state index < -0.39 is 23.9 Å². The second-order valence-corrected chi connectivity index (χ2v) is 7.64. The van der Waals surface area contributed by atoms with Crippen molar-refractivity contribution in [1.29, 1.82) is 0 Å². The van der Waals surface area contributed by atoms with Crippen molar-refractivity contribution in [2.24, 2.45) is 0 Å². The minimum absolute atomic E-state index is 0.215. The van der Waals surface area contributed by atoms with Gasteiger partial charge < -0.3 is 30.2 Å². The van der Waals surface area contributed by atoms with Gasteiger partial charge in [0.1, 0.15) is 0 Å². The van der Waals surface area contributed by atoms with Gasteiger partial charge in [-0.3, -0.25) is 4.79 Å². The van der Waals surface area contributed by atoms with Crippen LogP contribution < -0.4 is 25.4 Å². The van der Waals surface area contributed by atoms with Gasteiger partial charge in [0, 0.05) is 23.0 Å². The molecular weight excluding hydrogens is 462 g/mol. The molecule has 0 saturated carbocycles. The van der Waals surface area contributed by atoms with Crippen LogP contribution in [0.15, 0.2) is 53.7 Å². The number of esters is 1. The topological polar surface area (TPSA) is 115 Å². The number of hydrogen-bond acceptors (Lipinski definition) is 6. The molecule has 1 aliphatic rings. The molecule has 3 N–H and O–H groups in total. The summed E-state index contributed by atoms with van der Waals surface area (Å²) in [5.74, 6) is -0.397. The summed E-state index contributed by atoms with van der Waals surface area (Å²) in [6, 6.07) is 10.7. The number of rotatable bonds is 9. The minimum atomic E-state index is -0.858. The van der Waals surface area contributed by atoms with E-state index in [1.807, 2.05) is 6.07 Å². The molecule has 2 aromatic rings. The molecule has 3 amide bonds. The molecule has 3 rings (SSSR count). The van der Waals surface area contributed by atoms with Gasteiger partial charge >= 0.3 is 12.0 Å². The van der Waals surface area contributed by atoms with Crippen molar-refractivity contribution < 1.29 is 28.6 Å². The van der Waals surface area contributed by atoms with Crippen LogP contribution in [0, 0.1) is 0 Å². The third kappa shape index (κ3) is 5.99. The van der Waals surface area contributed by atoms with E-state index in [4.69, 9.17) is 25.8 Å². The highest BCUT2D eigenvalue weighted by atomic mass is 35.5. The molecule has 0 saturated heterocycles. The van der Waals surface area contributed by atoms with Crippen LogP contribution in [0.2, 0.25) is 5.02 Å². The molecule has 1 aliphatic heterocycles. The number of allylic oxidation sites excluding steroid dienone is 1. The standard InChI is InChI=1S/C24H26ClN3O6/c1-4-32-18-11-16(17(25)12-19(18)34-13-20(29)33-5-2)22-21(14(3)26-24(31)28-22)23(30)27-15-9-7-6-8-10-15/h6-12,22H,4-5,13H2,1-3H3,(H,27,30)(H2,26,28,31)/t22-/m0/s1. The predicted octanol–water partition coefficient (Wildman–Crippen LogP) is 3.95. The average molecular weight is 488 g/mol. The van der Waals surface area contributed by atoms with Crippen LogP contribution in [0.3, 0.4) is 0 Å². The zero-order chi connectivity index (χ0) is 24.7. The van der Waals surface area contributed by atoms with Gasteiger partial charge in [0.15, 0.2) is 18.1 Å². The van der Waals surface area contributed by atoms with Gasteiger partial charge in [-0.1, -0.05) is 29.8 Å². The Labute approximate surface area is 202 Å². The first kappa shape index (κ1) is 24.9. The molecule has 2 aromatic carbocycles. The van der Waals surface area contributed by atoms with E-state index in [1.54, 1.807) is 51.1 Å². The van der Waals surface area contributed by atoms with E-state index in [0.717, 1.165) is 0 Å². The molecule has 0 bridgehead atoms. The summed E-state index contributed by atoms with van der Waals surface area (Å²) >= 11 is 6.56.